The lowest BCUT2D eigenvalue weighted by molar-refractivity contribution is -0.340. The fourth-order valence-corrected chi connectivity index (χ4v) is 2.34. The van der Waals surface area contributed by atoms with Crippen molar-refractivity contribution < 1.29 is 22.3 Å². The van der Waals surface area contributed by atoms with Crippen molar-refractivity contribution in [3.63, 3.8) is 0 Å². The van der Waals surface area contributed by atoms with Crippen LogP contribution < -0.4 is 4.74 Å². The molecule has 1 rings (SSSR count). The molecule has 132 valence electrons. The van der Waals surface area contributed by atoms with E-state index in [1.165, 1.54) is 12.1 Å². The second-order valence-electron chi connectivity index (χ2n) is 7.36. The van der Waals surface area contributed by atoms with Crippen LogP contribution in [0.15, 0.2) is 22.7 Å². The molecule has 0 unspecified atom stereocenters. The fourth-order valence-electron chi connectivity index (χ4n) is 1.87. The molecule has 23 heavy (non-hydrogen) atoms. The van der Waals surface area contributed by atoms with E-state index in [2.05, 4.69) is 20.7 Å². The van der Waals surface area contributed by atoms with Gasteiger partial charge in [0.25, 0.3) is 0 Å². The minimum absolute atomic E-state index is 0.287. The summed E-state index contributed by atoms with van der Waals surface area (Å²) in [4.78, 5) is 0. The Hall–Kier alpha value is -0.780. The van der Waals surface area contributed by atoms with E-state index in [-0.39, 0.29) is 11.2 Å². The van der Waals surface area contributed by atoms with Gasteiger partial charge < -0.3 is 4.74 Å². The summed E-state index contributed by atoms with van der Waals surface area (Å²) >= 11 is 3.22. The molecule has 0 bridgehead atoms. The molecule has 0 heterocycles. The Morgan fingerprint density at radius 2 is 1.48 bits per heavy atom. The molecule has 0 fully saturated rings. The first kappa shape index (κ1) is 20.3. The van der Waals surface area contributed by atoms with E-state index >= 15 is 0 Å². The van der Waals surface area contributed by atoms with Crippen LogP contribution in [-0.4, -0.2) is 12.0 Å². The van der Waals surface area contributed by atoms with Crippen molar-refractivity contribution in [2.45, 2.75) is 65.4 Å². The number of rotatable bonds is 5. The Morgan fingerprint density at radius 1 is 0.957 bits per heavy atom. The smallest absolute Gasteiger partial charge is 0.428 e. The summed E-state index contributed by atoms with van der Waals surface area (Å²) in [7, 11) is 0. The average molecular weight is 399 g/mol. The number of benzene rings is 1. The van der Waals surface area contributed by atoms with Crippen LogP contribution in [0.4, 0.5) is 17.6 Å². The Labute approximate surface area is 143 Å². The summed E-state index contributed by atoms with van der Waals surface area (Å²) in [6.07, 6.45) is -3.85. The predicted octanol–water partition coefficient (Wildman–Crippen LogP) is 6.79. The third kappa shape index (κ3) is 4.20. The van der Waals surface area contributed by atoms with Gasteiger partial charge in [-0.05, 0) is 35.6 Å². The molecule has 0 saturated heterocycles. The van der Waals surface area contributed by atoms with E-state index in [4.69, 9.17) is 0 Å². The van der Waals surface area contributed by atoms with E-state index in [1.54, 1.807) is 6.07 Å². The molecule has 0 atom stereocenters. The molecule has 0 radical (unpaired) electrons. The van der Waals surface area contributed by atoms with Crippen molar-refractivity contribution >= 4 is 15.9 Å². The molecule has 0 aromatic heterocycles. The SMILES string of the molecule is CCC(C)(C)c1cc(Br)cc(OC(F)(F)C(F)(F)C(C)(C)C)c1. The molecular formula is C17H23BrF4O. The predicted molar refractivity (Wildman–Crippen MR) is 87.4 cm³/mol. The van der Waals surface area contributed by atoms with Gasteiger partial charge in [-0.2, -0.15) is 17.6 Å². The Bertz CT molecular complexity index is 562. The van der Waals surface area contributed by atoms with Gasteiger partial charge in [0.15, 0.2) is 0 Å². The zero-order valence-corrected chi connectivity index (χ0v) is 15.8. The van der Waals surface area contributed by atoms with Gasteiger partial charge in [0.2, 0.25) is 0 Å². The van der Waals surface area contributed by atoms with Crippen LogP contribution in [0.2, 0.25) is 0 Å². The highest BCUT2D eigenvalue weighted by Crippen LogP contribution is 2.48. The summed E-state index contributed by atoms with van der Waals surface area (Å²) in [5.41, 5.74) is -1.49. The number of hydrogen-bond donors (Lipinski definition) is 0. The van der Waals surface area contributed by atoms with E-state index in [9.17, 15) is 17.6 Å². The average Bonchev–Trinajstić information content (AvgIpc) is 2.35. The normalized spacial score (nSPS) is 14.0. The first-order valence-corrected chi connectivity index (χ1v) is 8.19. The fraction of sp³-hybridized carbons (Fsp3) is 0.647. The lowest BCUT2D eigenvalue weighted by Crippen LogP contribution is -2.53. The number of hydrogen-bond acceptors (Lipinski definition) is 1. The molecule has 1 aromatic rings. The van der Waals surface area contributed by atoms with E-state index in [1.807, 2.05) is 20.8 Å². The van der Waals surface area contributed by atoms with Crippen LogP contribution in [0.25, 0.3) is 0 Å². The number of ether oxygens (including phenoxy) is 1. The number of alkyl halides is 4. The van der Waals surface area contributed by atoms with Gasteiger partial charge in [-0.25, -0.2) is 0 Å². The minimum Gasteiger partial charge on any atom is -0.428 e. The standard InChI is InChI=1S/C17H23BrF4O/c1-7-15(5,6)11-8-12(18)10-13(9-11)23-17(21,22)16(19,20)14(2,3)4/h8-10H,7H2,1-6H3. The lowest BCUT2D eigenvalue weighted by atomic mass is 9.82. The van der Waals surface area contributed by atoms with E-state index in [0.717, 1.165) is 32.8 Å². The zero-order chi connectivity index (χ0) is 18.3. The van der Waals surface area contributed by atoms with Crippen LogP contribution in [-0.2, 0) is 5.41 Å². The van der Waals surface area contributed by atoms with Gasteiger partial charge in [-0.1, -0.05) is 57.5 Å². The molecule has 0 saturated carbocycles. The van der Waals surface area contributed by atoms with Gasteiger partial charge in [-0.3, -0.25) is 0 Å². The van der Waals surface area contributed by atoms with Crippen molar-refractivity contribution in [2.75, 3.05) is 0 Å². The number of halogens is 5. The van der Waals surface area contributed by atoms with Crippen molar-refractivity contribution in [1.82, 2.24) is 0 Å². The van der Waals surface area contributed by atoms with Crippen LogP contribution in [0.3, 0.4) is 0 Å². The van der Waals surface area contributed by atoms with Crippen molar-refractivity contribution in [2.24, 2.45) is 5.41 Å². The summed E-state index contributed by atoms with van der Waals surface area (Å²) in [6.45, 7) is 9.01. The maximum Gasteiger partial charge on any atom is 0.464 e. The Kier molecular flexibility index (Phi) is 5.52. The van der Waals surface area contributed by atoms with E-state index in [0.29, 0.717) is 4.47 Å². The largest absolute Gasteiger partial charge is 0.464 e. The maximum absolute atomic E-state index is 14.0. The van der Waals surface area contributed by atoms with E-state index < -0.39 is 17.4 Å². The van der Waals surface area contributed by atoms with Gasteiger partial charge >= 0.3 is 12.0 Å². The lowest BCUT2D eigenvalue weighted by Gasteiger charge is -2.35. The third-order valence-electron chi connectivity index (χ3n) is 4.09. The molecule has 1 aromatic carbocycles. The molecule has 0 spiro atoms. The van der Waals surface area contributed by atoms with Gasteiger partial charge in [-0.15, -0.1) is 0 Å². The van der Waals surface area contributed by atoms with Crippen molar-refractivity contribution in [3.8, 4) is 5.75 Å². The van der Waals surface area contributed by atoms with Crippen LogP contribution in [0.1, 0.15) is 53.5 Å². The molecular weight excluding hydrogens is 376 g/mol. The third-order valence-corrected chi connectivity index (χ3v) is 4.55. The van der Waals surface area contributed by atoms with Crippen LogP contribution in [0, 0.1) is 5.41 Å². The second kappa shape index (κ2) is 6.26. The highest BCUT2D eigenvalue weighted by molar-refractivity contribution is 9.10. The molecule has 1 nitrogen and oxygen atoms in total. The first-order valence-electron chi connectivity index (χ1n) is 7.40. The topological polar surface area (TPSA) is 9.23 Å². The summed E-state index contributed by atoms with van der Waals surface area (Å²) in [6, 6.07) is 4.43. The van der Waals surface area contributed by atoms with Gasteiger partial charge in [0.1, 0.15) is 5.75 Å². The monoisotopic (exact) mass is 398 g/mol. The summed E-state index contributed by atoms with van der Waals surface area (Å²) < 4.78 is 61.0. The first-order chi connectivity index (χ1) is 10.1. The van der Waals surface area contributed by atoms with Crippen molar-refractivity contribution in [1.29, 1.82) is 0 Å². The molecule has 6 heteroatoms. The Morgan fingerprint density at radius 3 is 1.91 bits per heavy atom. The highest BCUT2D eigenvalue weighted by Gasteiger charge is 2.65. The summed E-state index contributed by atoms with van der Waals surface area (Å²) in [5.74, 6) is -4.60. The second-order valence-corrected chi connectivity index (χ2v) is 8.27. The highest BCUT2D eigenvalue weighted by atomic mass is 79.9. The molecule has 0 aliphatic heterocycles. The van der Waals surface area contributed by atoms with Crippen LogP contribution in [0.5, 0.6) is 5.75 Å². The quantitative estimate of drug-likeness (QED) is 0.496. The van der Waals surface area contributed by atoms with Gasteiger partial charge in [0.05, 0.1) is 0 Å². The van der Waals surface area contributed by atoms with Gasteiger partial charge in [0, 0.05) is 9.89 Å². The minimum atomic E-state index is -4.61. The van der Waals surface area contributed by atoms with Crippen LogP contribution >= 0.6 is 15.9 Å². The molecule has 0 amide bonds. The Balaban J connectivity index is 3.24. The van der Waals surface area contributed by atoms with Crippen molar-refractivity contribution in [3.05, 3.63) is 28.2 Å². The molecule has 0 aliphatic rings. The molecule has 0 aliphatic carbocycles. The zero-order valence-electron chi connectivity index (χ0n) is 14.2. The summed E-state index contributed by atoms with van der Waals surface area (Å²) in [5, 5.41) is 0. The molecule has 0 N–H and O–H groups in total. The maximum atomic E-state index is 14.0.